The van der Waals surface area contributed by atoms with Crippen molar-refractivity contribution in [3.8, 4) is 17.4 Å². The summed E-state index contributed by atoms with van der Waals surface area (Å²) in [7, 11) is 0. The molecule has 0 bridgehead atoms. The van der Waals surface area contributed by atoms with E-state index in [1.807, 2.05) is 6.92 Å². The Labute approximate surface area is 112 Å². The Morgan fingerprint density at radius 2 is 1.75 bits per heavy atom. The molecule has 1 aromatic heterocycles. The molecule has 106 valence electrons. The summed E-state index contributed by atoms with van der Waals surface area (Å²) in [5.74, 6) is -4.49. The molecule has 1 aromatic carbocycles. The maximum absolute atomic E-state index is 13.2. The third-order valence-corrected chi connectivity index (χ3v) is 2.31. The van der Waals surface area contributed by atoms with Crippen molar-refractivity contribution in [2.45, 2.75) is 13.3 Å². The average molecular weight is 284 g/mol. The molecule has 2 rings (SSSR count). The average Bonchev–Trinajstić information content (AvgIpc) is 2.41. The minimum Gasteiger partial charge on any atom is -0.463 e. The number of aromatic nitrogens is 3. The molecule has 0 aliphatic rings. The first-order chi connectivity index (χ1) is 9.51. The molecule has 0 saturated carbocycles. The maximum atomic E-state index is 13.2. The van der Waals surface area contributed by atoms with Crippen LogP contribution in [0.15, 0.2) is 12.1 Å². The fourth-order valence-electron chi connectivity index (χ4n) is 1.44. The predicted molar refractivity (Wildman–Crippen MR) is 65.3 cm³/mol. The molecule has 0 aliphatic heterocycles. The summed E-state index contributed by atoms with van der Waals surface area (Å²) in [6.45, 7) is 2.24. The minimum atomic E-state index is -1.56. The zero-order valence-corrected chi connectivity index (χ0v) is 10.5. The Hall–Kier alpha value is -2.38. The van der Waals surface area contributed by atoms with Crippen molar-refractivity contribution in [1.29, 1.82) is 0 Å². The second-order valence-electron chi connectivity index (χ2n) is 3.90. The van der Waals surface area contributed by atoms with Crippen LogP contribution in [0.5, 0.6) is 6.01 Å². The standard InChI is InChI=1S/C12H11F3N4O/c1-2-3-20-12-18-10(17-11(16)19-12)6-4-7(13)9(15)8(14)5-6/h4-5H,2-3H2,1H3,(H2,16,17,18,19). The van der Waals surface area contributed by atoms with Gasteiger partial charge in [0.1, 0.15) is 0 Å². The van der Waals surface area contributed by atoms with E-state index < -0.39 is 17.5 Å². The van der Waals surface area contributed by atoms with Gasteiger partial charge in [0.25, 0.3) is 0 Å². The Morgan fingerprint density at radius 1 is 1.10 bits per heavy atom. The monoisotopic (exact) mass is 284 g/mol. The lowest BCUT2D eigenvalue weighted by molar-refractivity contribution is 0.292. The van der Waals surface area contributed by atoms with Crippen LogP contribution in [-0.2, 0) is 0 Å². The summed E-state index contributed by atoms with van der Waals surface area (Å²) in [6, 6.07) is 1.49. The van der Waals surface area contributed by atoms with Gasteiger partial charge in [-0.25, -0.2) is 13.2 Å². The van der Waals surface area contributed by atoms with E-state index in [9.17, 15) is 13.2 Å². The summed E-state index contributed by atoms with van der Waals surface area (Å²) in [6.07, 6.45) is 0.723. The van der Waals surface area contributed by atoms with Crippen LogP contribution in [0.2, 0.25) is 0 Å². The summed E-state index contributed by atoms with van der Waals surface area (Å²) in [4.78, 5) is 11.3. The van der Waals surface area contributed by atoms with E-state index >= 15 is 0 Å². The topological polar surface area (TPSA) is 73.9 Å². The highest BCUT2D eigenvalue weighted by Gasteiger charge is 2.15. The fourth-order valence-corrected chi connectivity index (χ4v) is 1.44. The van der Waals surface area contributed by atoms with Gasteiger partial charge in [-0.05, 0) is 18.6 Å². The molecule has 0 saturated heterocycles. The molecule has 0 atom stereocenters. The first kappa shape index (κ1) is 14.0. The number of benzene rings is 1. The molecule has 0 unspecified atom stereocenters. The summed E-state index contributed by atoms with van der Waals surface area (Å²) in [5, 5.41) is 0. The number of nitrogens with zero attached hydrogens (tertiary/aromatic N) is 3. The van der Waals surface area contributed by atoms with Crippen LogP contribution in [-0.4, -0.2) is 21.6 Å². The van der Waals surface area contributed by atoms with Crippen molar-refractivity contribution in [2.75, 3.05) is 12.3 Å². The van der Waals surface area contributed by atoms with E-state index in [0.29, 0.717) is 6.61 Å². The molecule has 0 fully saturated rings. The van der Waals surface area contributed by atoms with Gasteiger partial charge in [-0.3, -0.25) is 0 Å². The fraction of sp³-hybridized carbons (Fsp3) is 0.250. The second-order valence-corrected chi connectivity index (χ2v) is 3.90. The van der Waals surface area contributed by atoms with E-state index in [0.717, 1.165) is 18.6 Å². The van der Waals surface area contributed by atoms with Crippen molar-refractivity contribution in [3.63, 3.8) is 0 Å². The van der Waals surface area contributed by atoms with E-state index in [4.69, 9.17) is 10.5 Å². The largest absolute Gasteiger partial charge is 0.463 e. The summed E-state index contributed by atoms with van der Waals surface area (Å²) in [5.41, 5.74) is 5.41. The highest BCUT2D eigenvalue weighted by atomic mass is 19.2. The van der Waals surface area contributed by atoms with Crippen LogP contribution >= 0.6 is 0 Å². The minimum absolute atomic E-state index is 0.0560. The van der Waals surface area contributed by atoms with Crippen LogP contribution in [0.4, 0.5) is 19.1 Å². The lowest BCUT2D eigenvalue weighted by Gasteiger charge is -2.06. The third-order valence-electron chi connectivity index (χ3n) is 2.31. The molecule has 0 aliphatic carbocycles. The SMILES string of the molecule is CCCOc1nc(N)nc(-c2cc(F)c(F)c(F)c2)n1. The van der Waals surface area contributed by atoms with Gasteiger partial charge in [0.2, 0.25) is 5.95 Å². The van der Waals surface area contributed by atoms with Gasteiger partial charge in [-0.15, -0.1) is 0 Å². The van der Waals surface area contributed by atoms with Gasteiger partial charge < -0.3 is 10.5 Å². The molecular weight excluding hydrogens is 273 g/mol. The first-order valence-electron chi connectivity index (χ1n) is 5.80. The van der Waals surface area contributed by atoms with Crippen LogP contribution < -0.4 is 10.5 Å². The Bertz CT molecular complexity index is 613. The lowest BCUT2D eigenvalue weighted by Crippen LogP contribution is -2.06. The molecule has 0 amide bonds. The van der Waals surface area contributed by atoms with Crippen LogP contribution in [0.3, 0.4) is 0 Å². The molecule has 0 spiro atoms. The number of nitrogen functional groups attached to an aromatic ring is 1. The Morgan fingerprint density at radius 3 is 2.35 bits per heavy atom. The third kappa shape index (κ3) is 2.95. The highest BCUT2D eigenvalue weighted by molar-refractivity contribution is 5.56. The molecule has 2 aromatic rings. The van der Waals surface area contributed by atoms with E-state index in [1.165, 1.54) is 0 Å². The number of halogens is 3. The smallest absolute Gasteiger partial charge is 0.321 e. The van der Waals surface area contributed by atoms with Crippen LogP contribution in [0, 0.1) is 17.5 Å². The highest BCUT2D eigenvalue weighted by Crippen LogP contribution is 2.22. The van der Waals surface area contributed by atoms with E-state index in [2.05, 4.69) is 15.0 Å². The number of nitrogens with two attached hydrogens (primary N) is 1. The summed E-state index contributed by atoms with van der Waals surface area (Å²) < 4.78 is 44.4. The quantitative estimate of drug-likeness (QED) is 0.872. The zero-order chi connectivity index (χ0) is 14.7. The number of rotatable bonds is 4. The molecule has 5 nitrogen and oxygen atoms in total. The molecule has 8 heteroatoms. The molecular formula is C12H11F3N4O. The number of hydrogen-bond donors (Lipinski definition) is 1. The van der Waals surface area contributed by atoms with Crippen molar-refractivity contribution in [3.05, 3.63) is 29.6 Å². The van der Waals surface area contributed by atoms with E-state index in [-0.39, 0.29) is 23.3 Å². The normalized spacial score (nSPS) is 10.6. The predicted octanol–water partition coefficient (Wildman–Crippen LogP) is 2.33. The molecule has 20 heavy (non-hydrogen) atoms. The molecule has 1 heterocycles. The maximum Gasteiger partial charge on any atom is 0.321 e. The van der Waals surface area contributed by atoms with Gasteiger partial charge in [0.15, 0.2) is 23.3 Å². The lowest BCUT2D eigenvalue weighted by atomic mass is 10.2. The number of anilines is 1. The van der Waals surface area contributed by atoms with E-state index in [1.54, 1.807) is 0 Å². The Kier molecular flexibility index (Phi) is 4.02. The number of hydrogen-bond acceptors (Lipinski definition) is 5. The van der Waals surface area contributed by atoms with Crippen molar-refractivity contribution in [2.24, 2.45) is 0 Å². The summed E-state index contributed by atoms with van der Waals surface area (Å²) >= 11 is 0. The van der Waals surface area contributed by atoms with Crippen LogP contribution in [0.1, 0.15) is 13.3 Å². The second kappa shape index (κ2) is 5.72. The van der Waals surface area contributed by atoms with Gasteiger partial charge in [0, 0.05) is 5.56 Å². The van der Waals surface area contributed by atoms with Crippen molar-refractivity contribution < 1.29 is 17.9 Å². The zero-order valence-electron chi connectivity index (χ0n) is 10.5. The van der Waals surface area contributed by atoms with Crippen LogP contribution in [0.25, 0.3) is 11.4 Å². The first-order valence-corrected chi connectivity index (χ1v) is 5.80. The molecule has 2 N–H and O–H groups in total. The van der Waals surface area contributed by atoms with Crippen molar-refractivity contribution >= 4 is 5.95 Å². The van der Waals surface area contributed by atoms with Gasteiger partial charge in [-0.2, -0.15) is 15.0 Å². The molecule has 0 radical (unpaired) electrons. The van der Waals surface area contributed by atoms with Gasteiger partial charge in [-0.1, -0.05) is 6.92 Å². The Balaban J connectivity index is 2.44. The van der Waals surface area contributed by atoms with Gasteiger partial charge in [0.05, 0.1) is 6.61 Å². The van der Waals surface area contributed by atoms with Crippen molar-refractivity contribution in [1.82, 2.24) is 15.0 Å². The van der Waals surface area contributed by atoms with Gasteiger partial charge >= 0.3 is 6.01 Å². The number of ether oxygens (including phenoxy) is 1.